The average Bonchev–Trinajstić information content (AvgIpc) is 3.40. The molecule has 0 unspecified atom stereocenters. The van der Waals surface area contributed by atoms with Crippen LogP contribution in [0.2, 0.25) is 0 Å². The zero-order valence-corrected chi connectivity index (χ0v) is 16.6. The third-order valence-electron chi connectivity index (χ3n) is 5.19. The highest BCUT2D eigenvalue weighted by Crippen LogP contribution is 2.43. The van der Waals surface area contributed by atoms with Crippen molar-refractivity contribution in [3.63, 3.8) is 0 Å². The van der Waals surface area contributed by atoms with Gasteiger partial charge in [0.1, 0.15) is 5.76 Å². The van der Waals surface area contributed by atoms with E-state index in [1.807, 2.05) is 52.7 Å². The number of hydrogen-bond donors (Lipinski definition) is 0. The van der Waals surface area contributed by atoms with Crippen molar-refractivity contribution >= 4 is 29.4 Å². The van der Waals surface area contributed by atoms with E-state index >= 15 is 0 Å². The van der Waals surface area contributed by atoms with Gasteiger partial charge in [0.15, 0.2) is 0 Å². The Balaban J connectivity index is 1.50. The summed E-state index contributed by atoms with van der Waals surface area (Å²) in [5.41, 5.74) is 2.12. The predicted molar refractivity (Wildman–Crippen MR) is 110 cm³/mol. The van der Waals surface area contributed by atoms with Gasteiger partial charge in [-0.15, -0.1) is 23.5 Å². The monoisotopic (exact) mass is 387 g/mol. The summed E-state index contributed by atoms with van der Waals surface area (Å²) < 4.78 is 6.02. The van der Waals surface area contributed by atoms with E-state index in [1.54, 1.807) is 6.26 Å². The highest BCUT2D eigenvalue weighted by molar-refractivity contribution is 8.16. The summed E-state index contributed by atoms with van der Waals surface area (Å²) in [7, 11) is 0. The van der Waals surface area contributed by atoms with E-state index in [0.29, 0.717) is 17.2 Å². The van der Waals surface area contributed by atoms with Crippen molar-refractivity contribution in [3.8, 4) is 0 Å². The first-order chi connectivity index (χ1) is 12.8. The number of thioether (sulfide) groups is 2. The van der Waals surface area contributed by atoms with E-state index < -0.39 is 0 Å². The number of amides is 1. The topological polar surface area (TPSA) is 33.5 Å². The van der Waals surface area contributed by atoms with Gasteiger partial charge in [-0.3, -0.25) is 4.79 Å². The van der Waals surface area contributed by atoms with Gasteiger partial charge in [-0.2, -0.15) is 0 Å². The van der Waals surface area contributed by atoms with Gasteiger partial charge in [0, 0.05) is 11.6 Å². The first kappa shape index (κ1) is 18.1. The van der Waals surface area contributed by atoms with Gasteiger partial charge in [-0.25, -0.2) is 0 Å². The molecule has 0 radical (unpaired) electrons. The standard InChI is InChI=1S/C21H25NO2S2/c23-20(16-8-10-17(11-9-16)21-25-13-4-14-26-21)22(18-5-1-2-6-18)15-19-7-3-12-24-19/h3,7-12,18,21H,1-2,4-6,13-15H2. The van der Waals surface area contributed by atoms with Gasteiger partial charge in [-0.1, -0.05) is 25.0 Å². The minimum Gasteiger partial charge on any atom is -0.467 e. The smallest absolute Gasteiger partial charge is 0.254 e. The number of furan rings is 1. The molecule has 3 nitrogen and oxygen atoms in total. The molecular weight excluding hydrogens is 362 g/mol. The van der Waals surface area contributed by atoms with Gasteiger partial charge in [-0.05, 0) is 60.6 Å². The molecule has 0 atom stereocenters. The van der Waals surface area contributed by atoms with E-state index in [4.69, 9.17) is 4.42 Å². The van der Waals surface area contributed by atoms with Crippen molar-refractivity contribution < 1.29 is 9.21 Å². The lowest BCUT2D eigenvalue weighted by Gasteiger charge is -2.28. The molecule has 4 rings (SSSR count). The van der Waals surface area contributed by atoms with Crippen LogP contribution >= 0.6 is 23.5 Å². The molecule has 0 N–H and O–H groups in total. The zero-order chi connectivity index (χ0) is 17.8. The Hall–Kier alpha value is -1.33. The number of nitrogens with zero attached hydrogens (tertiary/aromatic N) is 1. The van der Waals surface area contributed by atoms with Crippen LogP contribution in [0.5, 0.6) is 0 Å². The highest BCUT2D eigenvalue weighted by Gasteiger charge is 2.28. The van der Waals surface area contributed by atoms with Gasteiger partial charge in [0.25, 0.3) is 5.91 Å². The lowest BCUT2D eigenvalue weighted by molar-refractivity contribution is 0.0649. The van der Waals surface area contributed by atoms with Crippen molar-refractivity contribution in [2.24, 2.45) is 0 Å². The second-order valence-corrected chi connectivity index (χ2v) is 9.72. The van der Waals surface area contributed by atoms with Crippen molar-refractivity contribution in [3.05, 3.63) is 59.5 Å². The first-order valence-electron chi connectivity index (χ1n) is 9.48. The Kier molecular flexibility index (Phi) is 5.95. The van der Waals surface area contributed by atoms with Crippen molar-refractivity contribution in [2.75, 3.05) is 11.5 Å². The third-order valence-corrected chi connectivity index (χ3v) is 8.20. The Bertz CT molecular complexity index is 702. The summed E-state index contributed by atoms with van der Waals surface area (Å²) in [6, 6.07) is 12.5. The van der Waals surface area contributed by atoms with E-state index in [9.17, 15) is 4.79 Å². The molecule has 1 saturated heterocycles. The Morgan fingerprint density at radius 1 is 1.04 bits per heavy atom. The van der Waals surface area contributed by atoms with Crippen LogP contribution in [0, 0.1) is 0 Å². The fraction of sp³-hybridized carbons (Fsp3) is 0.476. The van der Waals surface area contributed by atoms with Gasteiger partial charge in [0.05, 0.1) is 17.4 Å². The molecule has 1 aliphatic carbocycles. The van der Waals surface area contributed by atoms with Crippen LogP contribution < -0.4 is 0 Å². The molecule has 2 heterocycles. The molecule has 1 aromatic heterocycles. The molecule has 26 heavy (non-hydrogen) atoms. The Morgan fingerprint density at radius 2 is 1.77 bits per heavy atom. The van der Waals surface area contributed by atoms with Crippen molar-refractivity contribution in [1.29, 1.82) is 0 Å². The SMILES string of the molecule is O=C(c1ccc(C2SCCCS2)cc1)N(Cc1ccco1)C1CCCC1. The van der Waals surface area contributed by atoms with Crippen LogP contribution in [0.15, 0.2) is 47.1 Å². The van der Waals surface area contributed by atoms with Crippen LogP contribution in [0.4, 0.5) is 0 Å². The Morgan fingerprint density at radius 3 is 2.42 bits per heavy atom. The summed E-state index contributed by atoms with van der Waals surface area (Å²) in [5.74, 6) is 3.45. The molecule has 0 bridgehead atoms. The minimum atomic E-state index is 0.129. The molecule has 138 valence electrons. The molecule has 1 amide bonds. The van der Waals surface area contributed by atoms with Gasteiger partial charge < -0.3 is 9.32 Å². The zero-order valence-electron chi connectivity index (χ0n) is 14.9. The normalized spacial score (nSPS) is 18.9. The van der Waals surface area contributed by atoms with Crippen LogP contribution in [0.3, 0.4) is 0 Å². The average molecular weight is 388 g/mol. The quantitative estimate of drug-likeness (QED) is 0.656. The Labute approximate surface area is 163 Å². The maximum atomic E-state index is 13.2. The summed E-state index contributed by atoms with van der Waals surface area (Å²) in [6.07, 6.45) is 7.59. The van der Waals surface area contributed by atoms with Crippen molar-refractivity contribution in [1.82, 2.24) is 4.90 Å². The van der Waals surface area contributed by atoms with Crippen LogP contribution in [0.25, 0.3) is 0 Å². The third kappa shape index (κ3) is 4.15. The van der Waals surface area contributed by atoms with Crippen LogP contribution in [0.1, 0.15) is 58.4 Å². The van der Waals surface area contributed by atoms with E-state index in [1.165, 1.54) is 36.3 Å². The fourth-order valence-corrected chi connectivity index (χ4v) is 6.68. The summed E-state index contributed by atoms with van der Waals surface area (Å²) in [4.78, 5) is 15.2. The summed E-state index contributed by atoms with van der Waals surface area (Å²) in [5, 5.41) is 0. The largest absolute Gasteiger partial charge is 0.467 e. The van der Waals surface area contributed by atoms with E-state index in [2.05, 4.69) is 12.1 Å². The fourth-order valence-electron chi connectivity index (χ4n) is 3.78. The molecule has 2 fully saturated rings. The van der Waals surface area contributed by atoms with Crippen molar-refractivity contribution in [2.45, 2.75) is 49.3 Å². The molecule has 1 aromatic carbocycles. The second kappa shape index (κ2) is 8.57. The van der Waals surface area contributed by atoms with E-state index in [-0.39, 0.29) is 5.91 Å². The molecule has 2 aromatic rings. The molecular formula is C21H25NO2S2. The number of carbonyl (C=O) groups excluding carboxylic acids is 1. The molecule has 2 aliphatic rings. The maximum absolute atomic E-state index is 13.2. The predicted octanol–water partition coefficient (Wildman–Crippen LogP) is 5.73. The molecule has 1 saturated carbocycles. The van der Waals surface area contributed by atoms with Crippen LogP contribution in [-0.2, 0) is 6.54 Å². The van der Waals surface area contributed by atoms with E-state index in [0.717, 1.165) is 24.2 Å². The number of hydrogen-bond acceptors (Lipinski definition) is 4. The lowest BCUT2D eigenvalue weighted by atomic mass is 10.1. The van der Waals surface area contributed by atoms with Crippen LogP contribution in [-0.4, -0.2) is 28.4 Å². The molecule has 1 aliphatic heterocycles. The lowest BCUT2D eigenvalue weighted by Crippen LogP contribution is -2.38. The molecule has 0 spiro atoms. The second-order valence-electron chi connectivity index (χ2n) is 7.00. The molecule has 5 heteroatoms. The summed E-state index contributed by atoms with van der Waals surface area (Å²) in [6.45, 7) is 0.562. The number of benzene rings is 1. The maximum Gasteiger partial charge on any atom is 0.254 e. The minimum absolute atomic E-state index is 0.129. The number of rotatable bonds is 5. The van der Waals surface area contributed by atoms with Gasteiger partial charge in [0.2, 0.25) is 0 Å². The highest BCUT2D eigenvalue weighted by atomic mass is 32.2. The summed E-state index contributed by atoms with van der Waals surface area (Å²) >= 11 is 4.03. The van der Waals surface area contributed by atoms with Gasteiger partial charge >= 0.3 is 0 Å². The first-order valence-corrected chi connectivity index (χ1v) is 11.6. The number of carbonyl (C=O) groups is 1.